The zero-order chi connectivity index (χ0) is 14.3. The highest BCUT2D eigenvalue weighted by molar-refractivity contribution is 7.60. The molecule has 2 N–H and O–H groups in total. The van der Waals surface area contributed by atoms with Gasteiger partial charge in [0.15, 0.2) is 0 Å². The van der Waals surface area contributed by atoms with Crippen LogP contribution in [-0.2, 0) is 9.30 Å². The molecule has 0 fully saturated rings. The Kier molecular flexibility index (Phi) is 5.52. The molecule has 19 heavy (non-hydrogen) atoms. The van der Waals surface area contributed by atoms with Gasteiger partial charge in [0.25, 0.3) is 0 Å². The van der Waals surface area contributed by atoms with Gasteiger partial charge in [0, 0.05) is 0 Å². The summed E-state index contributed by atoms with van der Waals surface area (Å²) < 4.78 is 15.5. The first-order valence-corrected chi connectivity index (χ1v) is 7.03. The van der Waals surface area contributed by atoms with Gasteiger partial charge in [0.2, 0.25) is 0 Å². The minimum Gasteiger partial charge on any atom is -0.474 e. The van der Waals surface area contributed by atoms with Gasteiger partial charge in [-0.1, -0.05) is 49.6 Å². The van der Waals surface area contributed by atoms with E-state index in [4.69, 9.17) is 9.79 Å². The average molecular weight is 278 g/mol. The van der Waals surface area contributed by atoms with Crippen LogP contribution in [0.5, 0.6) is 0 Å². The lowest BCUT2D eigenvalue weighted by Gasteiger charge is -2.07. The van der Waals surface area contributed by atoms with Crippen LogP contribution in [0.15, 0.2) is 68.1 Å². The molecule has 0 atom stereocenters. The maximum absolute atomic E-state index is 11.1. The quantitative estimate of drug-likeness (QED) is 0.669. The van der Waals surface area contributed by atoms with E-state index in [1.165, 1.54) is 18.6 Å². The van der Waals surface area contributed by atoms with Crippen molar-refractivity contribution in [3.05, 3.63) is 68.1 Å². The predicted octanol–water partition coefficient (Wildman–Crippen LogP) is 2.93. The third kappa shape index (κ3) is 4.38. The fraction of sp³-hybridized carbons (Fsp3) is 0. The van der Waals surface area contributed by atoms with E-state index in [1.54, 1.807) is 18.2 Å². The Balaban J connectivity index is 0.000000312. The standard InChI is InChI=1S/C10H9O3P.C4H6O/c11-14(12,13)10-7-3-5-8-4-1-2-6-9(8)10;1-3-5-4-2/h1-7H,(H2,11,12,13);3-4H,1-2H2. The van der Waals surface area contributed by atoms with Gasteiger partial charge in [-0.25, -0.2) is 0 Å². The number of ether oxygens (including phenoxy) is 1. The van der Waals surface area contributed by atoms with Crippen LogP contribution in [0, 0.1) is 0 Å². The van der Waals surface area contributed by atoms with Gasteiger partial charge < -0.3 is 14.5 Å². The first-order chi connectivity index (χ1) is 9.00. The maximum Gasteiger partial charge on any atom is 0.356 e. The lowest BCUT2D eigenvalue weighted by molar-refractivity contribution is 0.387. The number of benzene rings is 2. The average Bonchev–Trinajstić information content (AvgIpc) is 2.39. The second kappa shape index (κ2) is 6.90. The van der Waals surface area contributed by atoms with E-state index in [9.17, 15) is 4.57 Å². The van der Waals surface area contributed by atoms with Crippen LogP contribution in [0.4, 0.5) is 0 Å². The Hall–Kier alpha value is -1.87. The molecule has 0 aromatic heterocycles. The van der Waals surface area contributed by atoms with Crippen LogP contribution < -0.4 is 5.30 Å². The molecule has 0 saturated carbocycles. The summed E-state index contributed by atoms with van der Waals surface area (Å²) in [5, 5.41) is 1.55. The van der Waals surface area contributed by atoms with Gasteiger partial charge in [0.05, 0.1) is 17.8 Å². The molecule has 0 unspecified atom stereocenters. The normalized spacial score (nSPS) is 10.2. The van der Waals surface area contributed by atoms with Crippen molar-refractivity contribution in [2.75, 3.05) is 0 Å². The molecule has 4 nitrogen and oxygen atoms in total. The van der Waals surface area contributed by atoms with Crippen LogP contribution in [-0.4, -0.2) is 9.79 Å². The summed E-state index contributed by atoms with van der Waals surface area (Å²) in [5.74, 6) is 0. The van der Waals surface area contributed by atoms with Crippen LogP contribution in [0.2, 0.25) is 0 Å². The molecule has 0 heterocycles. The highest BCUT2D eigenvalue weighted by atomic mass is 31.2. The minimum absolute atomic E-state index is 0.0931. The zero-order valence-corrected chi connectivity index (χ0v) is 11.2. The Labute approximate surface area is 111 Å². The molecule has 0 spiro atoms. The summed E-state index contributed by atoms with van der Waals surface area (Å²) in [6.07, 6.45) is 2.62. The summed E-state index contributed by atoms with van der Waals surface area (Å²) >= 11 is 0. The van der Waals surface area contributed by atoms with Crippen LogP contribution in [0.3, 0.4) is 0 Å². The van der Waals surface area contributed by atoms with Gasteiger partial charge in [0.1, 0.15) is 0 Å². The molecule has 0 amide bonds. The highest BCUT2D eigenvalue weighted by Gasteiger charge is 2.19. The van der Waals surface area contributed by atoms with Gasteiger partial charge in [-0.05, 0) is 16.8 Å². The summed E-state index contributed by atoms with van der Waals surface area (Å²) in [4.78, 5) is 18.2. The predicted molar refractivity (Wildman–Crippen MR) is 77.1 cm³/mol. The molecule has 2 rings (SSSR count). The zero-order valence-electron chi connectivity index (χ0n) is 10.3. The molecule has 5 heteroatoms. The SMILES string of the molecule is C=COC=C.O=P(O)(O)c1cccc2ccccc12. The van der Waals surface area contributed by atoms with Gasteiger partial charge >= 0.3 is 7.60 Å². The number of hydrogen-bond acceptors (Lipinski definition) is 2. The third-order valence-corrected chi connectivity index (χ3v) is 3.29. The Bertz CT molecular complexity index is 604. The fourth-order valence-corrected chi connectivity index (χ4v) is 2.33. The lowest BCUT2D eigenvalue weighted by atomic mass is 10.1. The Morgan fingerprint density at radius 2 is 1.58 bits per heavy atom. The molecule has 0 aliphatic rings. The fourth-order valence-electron chi connectivity index (χ4n) is 1.53. The second-order valence-corrected chi connectivity index (χ2v) is 5.08. The van der Waals surface area contributed by atoms with Crippen molar-refractivity contribution in [3.63, 3.8) is 0 Å². The van der Waals surface area contributed by atoms with Crippen LogP contribution in [0.1, 0.15) is 0 Å². The molecule has 2 aromatic carbocycles. The summed E-state index contributed by atoms with van der Waals surface area (Å²) in [6, 6.07) is 12.1. The monoisotopic (exact) mass is 278 g/mol. The Morgan fingerprint density at radius 3 is 2.11 bits per heavy atom. The molecular formula is C14H15O4P. The molecule has 2 aromatic rings. The molecule has 100 valence electrons. The molecule has 0 aliphatic heterocycles. The van der Waals surface area contributed by atoms with Crippen molar-refractivity contribution in [3.8, 4) is 0 Å². The first kappa shape index (κ1) is 15.2. The largest absolute Gasteiger partial charge is 0.474 e. The molecule has 0 radical (unpaired) electrons. The number of fused-ring (bicyclic) bond motifs is 1. The van der Waals surface area contributed by atoms with E-state index in [0.29, 0.717) is 5.39 Å². The smallest absolute Gasteiger partial charge is 0.356 e. The van der Waals surface area contributed by atoms with Crippen molar-refractivity contribution in [2.45, 2.75) is 0 Å². The summed E-state index contributed by atoms with van der Waals surface area (Å²) in [6.45, 7) is 6.51. The third-order valence-electron chi connectivity index (χ3n) is 2.27. The van der Waals surface area contributed by atoms with Gasteiger partial charge in [-0.2, -0.15) is 0 Å². The highest BCUT2D eigenvalue weighted by Crippen LogP contribution is 2.36. The van der Waals surface area contributed by atoms with E-state index in [1.807, 2.05) is 18.2 Å². The van der Waals surface area contributed by atoms with Gasteiger partial charge in [-0.3, -0.25) is 4.57 Å². The van der Waals surface area contributed by atoms with E-state index in [2.05, 4.69) is 17.9 Å². The van der Waals surface area contributed by atoms with Crippen molar-refractivity contribution in [2.24, 2.45) is 0 Å². The Morgan fingerprint density at radius 1 is 1.00 bits per heavy atom. The minimum atomic E-state index is -4.16. The van der Waals surface area contributed by atoms with E-state index < -0.39 is 7.60 Å². The topological polar surface area (TPSA) is 66.8 Å². The summed E-state index contributed by atoms with van der Waals surface area (Å²) in [5.41, 5.74) is 0. The number of hydrogen-bond donors (Lipinski definition) is 2. The molecule has 0 saturated heterocycles. The lowest BCUT2D eigenvalue weighted by Crippen LogP contribution is -2.04. The van der Waals surface area contributed by atoms with Crippen molar-refractivity contribution in [1.29, 1.82) is 0 Å². The number of rotatable bonds is 3. The van der Waals surface area contributed by atoms with Crippen molar-refractivity contribution < 1.29 is 19.1 Å². The van der Waals surface area contributed by atoms with E-state index >= 15 is 0 Å². The molecule has 0 bridgehead atoms. The van der Waals surface area contributed by atoms with E-state index in [0.717, 1.165) is 5.39 Å². The summed E-state index contributed by atoms with van der Waals surface area (Å²) in [7, 11) is -4.16. The van der Waals surface area contributed by atoms with Crippen molar-refractivity contribution >= 4 is 23.7 Å². The van der Waals surface area contributed by atoms with Crippen molar-refractivity contribution in [1.82, 2.24) is 0 Å². The van der Waals surface area contributed by atoms with Gasteiger partial charge in [-0.15, -0.1) is 0 Å². The maximum atomic E-state index is 11.1. The van der Waals surface area contributed by atoms with E-state index in [-0.39, 0.29) is 5.30 Å². The molecule has 0 aliphatic carbocycles. The van der Waals surface area contributed by atoms with Crippen LogP contribution in [0.25, 0.3) is 10.8 Å². The first-order valence-electron chi connectivity index (χ1n) is 5.42. The second-order valence-electron chi connectivity index (χ2n) is 3.51. The molecular weight excluding hydrogens is 263 g/mol. The van der Waals surface area contributed by atoms with Crippen LogP contribution >= 0.6 is 7.60 Å².